The summed E-state index contributed by atoms with van der Waals surface area (Å²) in [6.07, 6.45) is -0.251. The highest BCUT2D eigenvalue weighted by Gasteiger charge is 2.54. The summed E-state index contributed by atoms with van der Waals surface area (Å²) in [6.45, 7) is 8.51. The summed E-state index contributed by atoms with van der Waals surface area (Å²) < 4.78 is 5.28. The van der Waals surface area contributed by atoms with Gasteiger partial charge in [-0.05, 0) is 30.0 Å². The molecule has 17 heavy (non-hydrogen) atoms. The molecule has 2 amide bonds. The van der Waals surface area contributed by atoms with Crippen LogP contribution in [0, 0.1) is 5.41 Å². The standard InChI is InChI=1S/C11H19N2O3P/c1-10(2,3)16-8(14)12-4-11(5-12)6-13(7-11)9(15)17/h4-7,17H2,1-3H3. The van der Waals surface area contributed by atoms with Crippen LogP contribution in [-0.2, 0) is 4.74 Å². The fourth-order valence-corrected chi connectivity index (χ4v) is 2.52. The Morgan fingerprint density at radius 1 is 1.12 bits per heavy atom. The Morgan fingerprint density at radius 2 is 1.59 bits per heavy atom. The number of carbonyl (C=O) groups is 2. The molecule has 2 aliphatic heterocycles. The molecule has 5 nitrogen and oxygen atoms in total. The number of carbonyl (C=O) groups excluding carboxylic acids is 2. The monoisotopic (exact) mass is 258 g/mol. The maximum Gasteiger partial charge on any atom is 0.410 e. The van der Waals surface area contributed by atoms with Crippen LogP contribution in [0.1, 0.15) is 20.8 Å². The summed E-state index contributed by atoms with van der Waals surface area (Å²) in [5.41, 5.74) is -0.267. The van der Waals surface area contributed by atoms with Gasteiger partial charge in [0, 0.05) is 31.6 Å². The van der Waals surface area contributed by atoms with Gasteiger partial charge in [0.1, 0.15) is 5.60 Å². The fourth-order valence-electron chi connectivity index (χ4n) is 2.34. The summed E-state index contributed by atoms with van der Waals surface area (Å²) in [6, 6.07) is 0. The Labute approximate surface area is 104 Å². The largest absolute Gasteiger partial charge is 0.444 e. The molecule has 0 aromatic carbocycles. The molecule has 0 bridgehead atoms. The van der Waals surface area contributed by atoms with Crippen LogP contribution in [0.4, 0.5) is 9.59 Å². The van der Waals surface area contributed by atoms with Crippen molar-refractivity contribution in [3.8, 4) is 0 Å². The van der Waals surface area contributed by atoms with E-state index in [-0.39, 0.29) is 17.2 Å². The van der Waals surface area contributed by atoms with Gasteiger partial charge in [-0.1, -0.05) is 0 Å². The van der Waals surface area contributed by atoms with Crippen LogP contribution in [-0.4, -0.2) is 53.3 Å². The third-order valence-corrected chi connectivity index (χ3v) is 3.43. The van der Waals surface area contributed by atoms with Crippen molar-refractivity contribution in [3.05, 3.63) is 0 Å². The fraction of sp³-hybridized carbons (Fsp3) is 0.818. The van der Waals surface area contributed by atoms with E-state index in [1.54, 1.807) is 9.80 Å². The molecule has 2 fully saturated rings. The number of rotatable bonds is 0. The van der Waals surface area contributed by atoms with E-state index in [0.717, 1.165) is 13.1 Å². The lowest BCUT2D eigenvalue weighted by molar-refractivity contribution is -0.0920. The van der Waals surface area contributed by atoms with E-state index in [4.69, 9.17) is 4.74 Å². The lowest BCUT2D eigenvalue weighted by Crippen LogP contribution is -2.73. The minimum Gasteiger partial charge on any atom is -0.444 e. The minimum atomic E-state index is -0.443. The Morgan fingerprint density at radius 3 is 2.00 bits per heavy atom. The zero-order chi connectivity index (χ0) is 12.8. The Hall–Kier alpha value is -0.830. The highest BCUT2D eigenvalue weighted by molar-refractivity contribution is 7.39. The Balaban J connectivity index is 1.77. The molecule has 2 rings (SSSR count). The van der Waals surface area contributed by atoms with E-state index in [9.17, 15) is 9.59 Å². The first kappa shape index (κ1) is 12.6. The van der Waals surface area contributed by atoms with Crippen LogP contribution in [0.25, 0.3) is 0 Å². The summed E-state index contributed by atoms with van der Waals surface area (Å²) in [5.74, 6) is 0. The molecule has 1 atom stereocenters. The van der Waals surface area contributed by atoms with Gasteiger partial charge in [0.15, 0.2) is 0 Å². The molecule has 0 radical (unpaired) electrons. The first-order valence-corrected chi connectivity index (χ1v) is 6.31. The maximum atomic E-state index is 11.7. The van der Waals surface area contributed by atoms with Crippen molar-refractivity contribution in [1.82, 2.24) is 9.80 Å². The highest BCUT2D eigenvalue weighted by Crippen LogP contribution is 2.40. The molecule has 6 heteroatoms. The summed E-state index contributed by atoms with van der Waals surface area (Å²) >= 11 is 0. The van der Waals surface area contributed by atoms with Crippen molar-refractivity contribution < 1.29 is 14.3 Å². The van der Waals surface area contributed by atoms with Crippen molar-refractivity contribution >= 4 is 21.0 Å². The van der Waals surface area contributed by atoms with Crippen LogP contribution >= 0.6 is 9.24 Å². The van der Waals surface area contributed by atoms with Gasteiger partial charge in [-0.15, -0.1) is 0 Å². The van der Waals surface area contributed by atoms with E-state index in [2.05, 4.69) is 9.24 Å². The smallest absolute Gasteiger partial charge is 0.410 e. The maximum absolute atomic E-state index is 11.7. The van der Waals surface area contributed by atoms with Gasteiger partial charge in [0.25, 0.3) is 0 Å². The molecule has 1 spiro atoms. The van der Waals surface area contributed by atoms with Gasteiger partial charge in [-0.25, -0.2) is 4.79 Å². The van der Waals surface area contributed by atoms with E-state index in [1.807, 2.05) is 20.8 Å². The van der Waals surface area contributed by atoms with Crippen molar-refractivity contribution in [2.45, 2.75) is 26.4 Å². The average molecular weight is 258 g/mol. The molecule has 0 aromatic rings. The molecule has 2 heterocycles. The van der Waals surface area contributed by atoms with Gasteiger partial charge in [-0.2, -0.15) is 0 Å². The van der Waals surface area contributed by atoms with Crippen molar-refractivity contribution in [2.75, 3.05) is 26.2 Å². The topological polar surface area (TPSA) is 49.9 Å². The molecule has 96 valence electrons. The summed E-state index contributed by atoms with van der Waals surface area (Å²) in [4.78, 5) is 26.2. The van der Waals surface area contributed by atoms with Crippen LogP contribution < -0.4 is 0 Å². The first-order valence-electron chi connectivity index (χ1n) is 5.73. The lowest BCUT2D eigenvalue weighted by atomic mass is 9.73. The van der Waals surface area contributed by atoms with Crippen molar-refractivity contribution in [2.24, 2.45) is 5.41 Å². The van der Waals surface area contributed by atoms with E-state index < -0.39 is 5.60 Å². The van der Waals surface area contributed by atoms with Gasteiger partial charge in [-0.3, -0.25) is 4.79 Å². The molecule has 0 aromatic heterocycles. The predicted octanol–water partition coefficient (Wildman–Crippen LogP) is 1.53. The van der Waals surface area contributed by atoms with E-state index in [1.165, 1.54) is 0 Å². The molecular formula is C11H19N2O3P. The van der Waals surface area contributed by atoms with Crippen molar-refractivity contribution in [3.63, 3.8) is 0 Å². The number of amides is 2. The number of hydrogen-bond donors (Lipinski definition) is 0. The minimum absolute atomic E-state index is 0.0337. The van der Waals surface area contributed by atoms with Gasteiger partial charge in [0.2, 0.25) is 5.65 Å². The van der Waals surface area contributed by atoms with Crippen LogP contribution in [0.3, 0.4) is 0 Å². The highest BCUT2D eigenvalue weighted by atomic mass is 31.0. The SMILES string of the molecule is CC(C)(C)OC(=O)N1CC2(CN(C(=O)P)C2)C1. The van der Waals surface area contributed by atoms with Gasteiger partial charge in [0.05, 0.1) is 0 Å². The third kappa shape index (κ3) is 2.54. The number of likely N-dealkylation sites (tertiary alicyclic amines) is 2. The van der Waals surface area contributed by atoms with Crippen molar-refractivity contribution in [1.29, 1.82) is 0 Å². The molecule has 0 saturated carbocycles. The Kier molecular flexibility index (Phi) is 2.85. The second-order valence-electron chi connectivity index (χ2n) is 6.03. The molecular weight excluding hydrogens is 239 g/mol. The average Bonchev–Trinajstić information content (AvgIpc) is 1.93. The number of nitrogens with zero attached hydrogens (tertiary/aromatic N) is 2. The molecule has 2 aliphatic rings. The number of ether oxygens (including phenoxy) is 1. The van der Waals surface area contributed by atoms with Crippen LogP contribution in [0.15, 0.2) is 0 Å². The summed E-state index contributed by atoms with van der Waals surface area (Å²) in [5, 5.41) is 0. The Bertz CT molecular complexity index is 350. The number of hydrogen-bond acceptors (Lipinski definition) is 3. The third-order valence-electron chi connectivity index (χ3n) is 3.07. The van der Waals surface area contributed by atoms with E-state index in [0.29, 0.717) is 13.1 Å². The van der Waals surface area contributed by atoms with Gasteiger partial charge < -0.3 is 14.5 Å². The van der Waals surface area contributed by atoms with Crippen LogP contribution in [0.5, 0.6) is 0 Å². The molecule has 1 unspecified atom stereocenters. The molecule has 2 saturated heterocycles. The normalized spacial score (nSPS) is 21.9. The van der Waals surface area contributed by atoms with Gasteiger partial charge >= 0.3 is 6.09 Å². The second kappa shape index (κ2) is 3.84. The zero-order valence-electron chi connectivity index (χ0n) is 10.5. The predicted molar refractivity (Wildman–Crippen MR) is 66.9 cm³/mol. The lowest BCUT2D eigenvalue weighted by Gasteiger charge is -2.59. The first-order chi connectivity index (χ1) is 7.71. The molecule has 0 N–H and O–H groups in total. The quantitative estimate of drug-likeness (QED) is 0.619. The zero-order valence-corrected chi connectivity index (χ0v) is 11.7. The van der Waals surface area contributed by atoms with E-state index >= 15 is 0 Å². The van der Waals surface area contributed by atoms with Crippen LogP contribution in [0.2, 0.25) is 0 Å². The second-order valence-corrected chi connectivity index (χ2v) is 6.52. The summed E-state index contributed by atoms with van der Waals surface area (Å²) in [7, 11) is 2.18. The molecule has 0 aliphatic carbocycles.